The molecule has 1 heterocycles. The summed E-state index contributed by atoms with van der Waals surface area (Å²) < 4.78 is 4.89. The number of furan rings is 1. The van der Waals surface area contributed by atoms with Gasteiger partial charge in [0.15, 0.2) is 5.76 Å². The first-order valence-corrected chi connectivity index (χ1v) is 5.84. The third-order valence-corrected chi connectivity index (χ3v) is 2.35. The maximum absolute atomic E-state index is 11.6. The van der Waals surface area contributed by atoms with Gasteiger partial charge in [0, 0.05) is 13.0 Å². The number of carbonyl (C=O) groups excluding carboxylic acids is 2. The lowest BCUT2D eigenvalue weighted by atomic mass is 10.2. The fourth-order valence-corrected chi connectivity index (χ4v) is 1.35. The van der Waals surface area contributed by atoms with Crippen molar-refractivity contribution in [1.29, 1.82) is 0 Å². The predicted octanol–water partition coefficient (Wildman–Crippen LogP) is 0.379. The van der Waals surface area contributed by atoms with Gasteiger partial charge in [0.05, 0.1) is 6.26 Å². The first-order valence-electron chi connectivity index (χ1n) is 5.84. The maximum atomic E-state index is 11.6. The minimum Gasteiger partial charge on any atom is -0.481 e. The summed E-state index contributed by atoms with van der Waals surface area (Å²) in [5.74, 6) is -1.62. The monoisotopic (exact) mass is 268 g/mol. The van der Waals surface area contributed by atoms with E-state index in [4.69, 9.17) is 9.52 Å². The fourth-order valence-electron chi connectivity index (χ4n) is 1.35. The molecule has 104 valence electrons. The van der Waals surface area contributed by atoms with Crippen LogP contribution in [0.5, 0.6) is 0 Å². The van der Waals surface area contributed by atoms with Gasteiger partial charge in [-0.2, -0.15) is 0 Å². The zero-order chi connectivity index (χ0) is 14.3. The smallest absolute Gasteiger partial charge is 0.303 e. The molecular weight excluding hydrogens is 252 g/mol. The molecule has 7 nitrogen and oxygen atoms in total. The summed E-state index contributed by atoms with van der Waals surface area (Å²) in [4.78, 5) is 33.4. The number of hydrogen-bond acceptors (Lipinski definition) is 4. The van der Waals surface area contributed by atoms with Gasteiger partial charge in [0.25, 0.3) is 5.91 Å². The summed E-state index contributed by atoms with van der Waals surface area (Å²) in [6, 6.07) is 2.35. The Morgan fingerprint density at radius 3 is 2.74 bits per heavy atom. The van der Waals surface area contributed by atoms with E-state index in [-0.39, 0.29) is 24.6 Å². The summed E-state index contributed by atoms with van der Waals surface area (Å²) in [6.07, 6.45) is 1.71. The number of carboxylic acids is 1. The molecule has 2 amide bonds. The fraction of sp³-hybridized carbons (Fsp3) is 0.417. The summed E-state index contributed by atoms with van der Waals surface area (Å²) in [7, 11) is 0. The lowest BCUT2D eigenvalue weighted by Gasteiger charge is -2.12. The molecule has 0 fully saturated rings. The average Bonchev–Trinajstić information content (AvgIpc) is 2.87. The van der Waals surface area contributed by atoms with Crippen LogP contribution in [0.25, 0.3) is 0 Å². The molecule has 0 radical (unpaired) electrons. The molecule has 0 aromatic carbocycles. The minimum atomic E-state index is -0.909. The Morgan fingerprint density at radius 2 is 2.16 bits per heavy atom. The molecule has 1 aromatic heterocycles. The third kappa shape index (κ3) is 5.24. The maximum Gasteiger partial charge on any atom is 0.303 e. The predicted molar refractivity (Wildman–Crippen MR) is 65.5 cm³/mol. The van der Waals surface area contributed by atoms with E-state index in [2.05, 4.69) is 10.6 Å². The van der Waals surface area contributed by atoms with E-state index in [1.54, 1.807) is 6.07 Å². The van der Waals surface area contributed by atoms with Gasteiger partial charge in [-0.3, -0.25) is 14.4 Å². The molecule has 0 spiro atoms. The molecule has 0 aliphatic rings. The van der Waals surface area contributed by atoms with Crippen LogP contribution >= 0.6 is 0 Å². The van der Waals surface area contributed by atoms with Crippen molar-refractivity contribution >= 4 is 17.8 Å². The Balaban J connectivity index is 2.28. The van der Waals surface area contributed by atoms with Crippen LogP contribution in [0.2, 0.25) is 0 Å². The second-order valence-corrected chi connectivity index (χ2v) is 3.96. The third-order valence-electron chi connectivity index (χ3n) is 2.35. The largest absolute Gasteiger partial charge is 0.481 e. The highest BCUT2D eigenvalue weighted by molar-refractivity contribution is 5.95. The van der Waals surface area contributed by atoms with Gasteiger partial charge in [0.1, 0.15) is 6.04 Å². The lowest BCUT2D eigenvalue weighted by Crippen LogP contribution is -2.45. The normalized spacial score (nSPS) is 11.6. The Hall–Kier alpha value is -2.31. The van der Waals surface area contributed by atoms with Gasteiger partial charge in [-0.15, -0.1) is 0 Å². The summed E-state index contributed by atoms with van der Waals surface area (Å²) in [6.45, 7) is 1.79. The van der Waals surface area contributed by atoms with Crippen LogP contribution in [-0.4, -0.2) is 35.5 Å². The molecule has 19 heavy (non-hydrogen) atoms. The molecule has 1 aromatic rings. The number of carboxylic acid groups (broad SMARTS) is 1. The molecule has 0 aliphatic heterocycles. The van der Waals surface area contributed by atoms with Crippen molar-refractivity contribution in [2.24, 2.45) is 0 Å². The number of hydrogen-bond donors (Lipinski definition) is 3. The second kappa shape index (κ2) is 7.20. The van der Waals surface area contributed by atoms with Crippen molar-refractivity contribution in [3.8, 4) is 0 Å². The van der Waals surface area contributed by atoms with Gasteiger partial charge >= 0.3 is 5.97 Å². The highest BCUT2D eigenvalue weighted by atomic mass is 16.4. The van der Waals surface area contributed by atoms with Crippen LogP contribution in [0.15, 0.2) is 22.8 Å². The van der Waals surface area contributed by atoms with E-state index >= 15 is 0 Å². The zero-order valence-electron chi connectivity index (χ0n) is 10.5. The van der Waals surface area contributed by atoms with Crippen LogP contribution in [0.4, 0.5) is 0 Å². The summed E-state index contributed by atoms with van der Waals surface area (Å²) >= 11 is 0. The van der Waals surface area contributed by atoms with Gasteiger partial charge < -0.3 is 20.2 Å². The van der Waals surface area contributed by atoms with Gasteiger partial charge in [-0.1, -0.05) is 0 Å². The second-order valence-electron chi connectivity index (χ2n) is 3.96. The SMILES string of the molecule is CC(NC(=O)c1ccco1)C(=O)NCCCC(=O)O. The van der Waals surface area contributed by atoms with Crippen molar-refractivity contribution in [2.45, 2.75) is 25.8 Å². The molecule has 7 heteroatoms. The molecule has 0 saturated heterocycles. The van der Waals surface area contributed by atoms with Crippen LogP contribution in [-0.2, 0) is 9.59 Å². The molecule has 1 rings (SSSR count). The van der Waals surface area contributed by atoms with Crippen molar-refractivity contribution in [2.75, 3.05) is 6.54 Å². The lowest BCUT2D eigenvalue weighted by molar-refractivity contribution is -0.137. The number of nitrogens with one attached hydrogen (secondary N) is 2. The van der Waals surface area contributed by atoms with Crippen LogP contribution in [0, 0.1) is 0 Å². The first kappa shape index (κ1) is 14.7. The number of aliphatic carboxylic acids is 1. The summed E-state index contributed by atoms with van der Waals surface area (Å²) in [5.41, 5.74) is 0. The van der Waals surface area contributed by atoms with E-state index in [1.165, 1.54) is 19.3 Å². The Bertz CT molecular complexity index is 441. The Labute approximate surface area is 110 Å². The molecule has 0 bridgehead atoms. The molecule has 1 atom stereocenters. The minimum absolute atomic E-state index is 0.00653. The zero-order valence-corrected chi connectivity index (χ0v) is 10.5. The highest BCUT2D eigenvalue weighted by Gasteiger charge is 2.17. The standard InChI is InChI=1S/C12H16N2O5/c1-8(11(17)13-6-2-5-10(15)16)14-12(18)9-4-3-7-19-9/h3-4,7-8H,2,5-6H2,1H3,(H,13,17)(H,14,18)(H,15,16). The first-order chi connectivity index (χ1) is 9.00. The van der Waals surface area contributed by atoms with Gasteiger partial charge in [0.2, 0.25) is 5.91 Å². The Kier molecular flexibility index (Phi) is 5.59. The van der Waals surface area contributed by atoms with E-state index in [0.29, 0.717) is 6.42 Å². The van der Waals surface area contributed by atoms with E-state index in [9.17, 15) is 14.4 Å². The quantitative estimate of drug-likeness (QED) is 0.619. The molecule has 1 unspecified atom stereocenters. The van der Waals surface area contributed by atoms with Gasteiger partial charge in [-0.25, -0.2) is 0 Å². The topological polar surface area (TPSA) is 109 Å². The van der Waals surface area contributed by atoms with Crippen LogP contribution in [0.1, 0.15) is 30.3 Å². The number of carbonyl (C=O) groups is 3. The van der Waals surface area contributed by atoms with Crippen LogP contribution in [0.3, 0.4) is 0 Å². The number of rotatable bonds is 7. The van der Waals surface area contributed by atoms with E-state index < -0.39 is 17.9 Å². The van der Waals surface area contributed by atoms with Crippen molar-refractivity contribution in [1.82, 2.24) is 10.6 Å². The average molecular weight is 268 g/mol. The van der Waals surface area contributed by atoms with Gasteiger partial charge in [-0.05, 0) is 25.5 Å². The molecule has 3 N–H and O–H groups in total. The highest BCUT2D eigenvalue weighted by Crippen LogP contribution is 2.00. The van der Waals surface area contributed by atoms with Crippen molar-refractivity contribution in [3.63, 3.8) is 0 Å². The number of amides is 2. The Morgan fingerprint density at radius 1 is 1.42 bits per heavy atom. The molecule has 0 aliphatic carbocycles. The van der Waals surface area contributed by atoms with Crippen molar-refractivity contribution < 1.29 is 23.9 Å². The van der Waals surface area contributed by atoms with E-state index in [0.717, 1.165) is 0 Å². The van der Waals surface area contributed by atoms with Crippen LogP contribution < -0.4 is 10.6 Å². The molecule has 0 saturated carbocycles. The van der Waals surface area contributed by atoms with E-state index in [1.807, 2.05) is 0 Å². The molecular formula is C12H16N2O5. The van der Waals surface area contributed by atoms with Crippen molar-refractivity contribution in [3.05, 3.63) is 24.2 Å². The summed E-state index contributed by atoms with van der Waals surface area (Å²) in [5, 5.41) is 13.4.